The standard InChI is InChI=1S/C13H10FNS/c14-11-7-4-8-12(9-11)15-13(16)10-5-2-1-3-6-10/h1-9H,(H,15,16). The summed E-state index contributed by atoms with van der Waals surface area (Å²) in [5.41, 5.74) is 1.58. The van der Waals surface area contributed by atoms with Crippen LogP contribution in [0.3, 0.4) is 0 Å². The van der Waals surface area contributed by atoms with Crippen molar-refractivity contribution in [1.82, 2.24) is 0 Å². The van der Waals surface area contributed by atoms with Crippen LogP contribution in [0.25, 0.3) is 0 Å². The highest BCUT2D eigenvalue weighted by molar-refractivity contribution is 7.81. The van der Waals surface area contributed by atoms with Gasteiger partial charge in [0.25, 0.3) is 0 Å². The zero-order valence-corrected chi connectivity index (χ0v) is 9.30. The van der Waals surface area contributed by atoms with Gasteiger partial charge in [-0.05, 0) is 18.2 Å². The normalized spacial score (nSPS) is 9.81. The molecule has 1 N–H and O–H groups in total. The van der Waals surface area contributed by atoms with Gasteiger partial charge in [0.15, 0.2) is 0 Å². The molecular weight excluding hydrogens is 221 g/mol. The minimum atomic E-state index is -0.277. The van der Waals surface area contributed by atoms with Crippen molar-refractivity contribution in [3.05, 3.63) is 66.0 Å². The summed E-state index contributed by atoms with van der Waals surface area (Å²) in [5, 5.41) is 2.99. The van der Waals surface area contributed by atoms with E-state index in [2.05, 4.69) is 5.32 Å². The fourth-order valence-corrected chi connectivity index (χ4v) is 1.61. The first-order valence-corrected chi connectivity index (χ1v) is 5.28. The first-order chi connectivity index (χ1) is 7.75. The number of thiocarbonyl (C=S) groups is 1. The minimum Gasteiger partial charge on any atom is -0.346 e. The SMILES string of the molecule is Fc1cccc(NC(=S)c2ccccc2)c1. The maximum Gasteiger partial charge on any atom is 0.125 e. The highest BCUT2D eigenvalue weighted by atomic mass is 32.1. The second-order valence-electron chi connectivity index (χ2n) is 3.33. The van der Waals surface area contributed by atoms with E-state index >= 15 is 0 Å². The molecule has 3 heteroatoms. The lowest BCUT2D eigenvalue weighted by atomic mass is 10.2. The summed E-state index contributed by atoms with van der Waals surface area (Å²) in [6, 6.07) is 15.8. The van der Waals surface area contributed by atoms with Gasteiger partial charge in [-0.25, -0.2) is 4.39 Å². The maximum atomic E-state index is 12.9. The van der Waals surface area contributed by atoms with Gasteiger partial charge in [-0.3, -0.25) is 0 Å². The van der Waals surface area contributed by atoms with Crippen LogP contribution < -0.4 is 5.32 Å². The van der Waals surface area contributed by atoms with Gasteiger partial charge in [0.2, 0.25) is 0 Å². The molecule has 2 rings (SSSR count). The Morgan fingerprint density at radius 1 is 1.00 bits per heavy atom. The molecule has 2 aromatic carbocycles. The minimum absolute atomic E-state index is 0.277. The van der Waals surface area contributed by atoms with Crippen molar-refractivity contribution in [1.29, 1.82) is 0 Å². The van der Waals surface area contributed by atoms with Crippen LogP contribution in [0.1, 0.15) is 5.56 Å². The molecule has 0 saturated heterocycles. The molecule has 0 aliphatic heterocycles. The molecule has 0 amide bonds. The Kier molecular flexibility index (Phi) is 3.27. The molecule has 2 aromatic rings. The van der Waals surface area contributed by atoms with E-state index in [-0.39, 0.29) is 5.82 Å². The topological polar surface area (TPSA) is 12.0 Å². The Morgan fingerprint density at radius 3 is 2.44 bits per heavy atom. The largest absolute Gasteiger partial charge is 0.346 e. The third-order valence-electron chi connectivity index (χ3n) is 2.12. The van der Waals surface area contributed by atoms with E-state index in [9.17, 15) is 4.39 Å². The lowest BCUT2D eigenvalue weighted by Crippen LogP contribution is -2.10. The Balaban J connectivity index is 2.14. The van der Waals surface area contributed by atoms with Gasteiger partial charge in [0, 0.05) is 11.3 Å². The van der Waals surface area contributed by atoms with Crippen molar-refractivity contribution >= 4 is 22.9 Å². The van der Waals surface area contributed by atoms with Crippen LogP contribution in [0.5, 0.6) is 0 Å². The van der Waals surface area contributed by atoms with Crippen LogP contribution >= 0.6 is 12.2 Å². The number of nitrogens with one attached hydrogen (secondary N) is 1. The average Bonchev–Trinajstić information content (AvgIpc) is 2.30. The van der Waals surface area contributed by atoms with Crippen LogP contribution in [0.15, 0.2) is 54.6 Å². The number of hydrogen-bond acceptors (Lipinski definition) is 1. The predicted molar refractivity (Wildman–Crippen MR) is 68.2 cm³/mol. The summed E-state index contributed by atoms with van der Waals surface area (Å²) < 4.78 is 12.9. The molecule has 0 radical (unpaired) electrons. The van der Waals surface area contributed by atoms with Crippen LogP contribution in [-0.4, -0.2) is 4.99 Å². The third-order valence-corrected chi connectivity index (χ3v) is 2.46. The summed E-state index contributed by atoms with van der Waals surface area (Å²) in [6.45, 7) is 0. The van der Waals surface area contributed by atoms with Crippen molar-refractivity contribution in [3.8, 4) is 0 Å². The summed E-state index contributed by atoms with van der Waals surface area (Å²) in [4.78, 5) is 0.589. The van der Waals surface area contributed by atoms with Crippen molar-refractivity contribution in [2.75, 3.05) is 5.32 Å². The number of hydrogen-bond donors (Lipinski definition) is 1. The highest BCUT2D eigenvalue weighted by Gasteiger charge is 2.01. The molecule has 0 aliphatic rings. The molecule has 80 valence electrons. The lowest BCUT2D eigenvalue weighted by Gasteiger charge is -2.07. The fraction of sp³-hybridized carbons (Fsp3) is 0. The van der Waals surface area contributed by atoms with Crippen molar-refractivity contribution < 1.29 is 4.39 Å². The number of benzene rings is 2. The second kappa shape index (κ2) is 4.86. The molecule has 0 spiro atoms. The first kappa shape index (κ1) is 10.8. The van der Waals surface area contributed by atoms with Gasteiger partial charge < -0.3 is 5.32 Å². The van der Waals surface area contributed by atoms with Gasteiger partial charge in [-0.1, -0.05) is 48.6 Å². The Labute approximate surface area is 98.9 Å². The Hall–Kier alpha value is -1.74. The van der Waals surface area contributed by atoms with Crippen LogP contribution in [0.2, 0.25) is 0 Å². The van der Waals surface area contributed by atoms with Crippen LogP contribution in [0.4, 0.5) is 10.1 Å². The summed E-state index contributed by atoms with van der Waals surface area (Å²) in [6.07, 6.45) is 0. The van der Waals surface area contributed by atoms with Gasteiger partial charge >= 0.3 is 0 Å². The quantitative estimate of drug-likeness (QED) is 0.792. The van der Waals surface area contributed by atoms with Gasteiger partial charge in [-0.2, -0.15) is 0 Å². The zero-order valence-electron chi connectivity index (χ0n) is 8.48. The second-order valence-corrected chi connectivity index (χ2v) is 3.74. The van der Waals surface area contributed by atoms with E-state index in [1.807, 2.05) is 30.3 Å². The van der Waals surface area contributed by atoms with Crippen molar-refractivity contribution in [2.45, 2.75) is 0 Å². The molecule has 0 fully saturated rings. The third kappa shape index (κ3) is 2.64. The van der Waals surface area contributed by atoms with E-state index in [4.69, 9.17) is 12.2 Å². The van der Waals surface area contributed by atoms with Gasteiger partial charge in [-0.15, -0.1) is 0 Å². The van der Waals surface area contributed by atoms with Crippen molar-refractivity contribution in [3.63, 3.8) is 0 Å². The lowest BCUT2D eigenvalue weighted by molar-refractivity contribution is 0.628. The molecule has 0 aromatic heterocycles. The first-order valence-electron chi connectivity index (χ1n) is 4.88. The maximum absolute atomic E-state index is 12.9. The summed E-state index contributed by atoms with van der Waals surface area (Å²) in [7, 11) is 0. The monoisotopic (exact) mass is 231 g/mol. The number of anilines is 1. The molecular formula is C13H10FNS. The number of halogens is 1. The van der Waals surface area contributed by atoms with Gasteiger partial charge in [0.1, 0.15) is 10.8 Å². The average molecular weight is 231 g/mol. The molecule has 0 saturated carbocycles. The summed E-state index contributed by atoms with van der Waals surface area (Å²) in [5.74, 6) is -0.277. The predicted octanol–water partition coefficient (Wildman–Crippen LogP) is 3.61. The molecule has 0 atom stereocenters. The van der Waals surface area contributed by atoms with E-state index in [1.165, 1.54) is 12.1 Å². The van der Waals surface area contributed by atoms with E-state index in [0.717, 1.165) is 5.56 Å². The smallest absolute Gasteiger partial charge is 0.125 e. The zero-order chi connectivity index (χ0) is 11.4. The highest BCUT2D eigenvalue weighted by Crippen LogP contribution is 2.11. The molecule has 0 unspecified atom stereocenters. The fourth-order valence-electron chi connectivity index (χ4n) is 1.36. The Morgan fingerprint density at radius 2 is 1.75 bits per heavy atom. The molecule has 0 aliphatic carbocycles. The molecule has 0 bridgehead atoms. The molecule has 1 nitrogen and oxygen atoms in total. The van der Waals surface area contributed by atoms with E-state index in [1.54, 1.807) is 12.1 Å². The van der Waals surface area contributed by atoms with E-state index < -0.39 is 0 Å². The number of rotatable bonds is 2. The van der Waals surface area contributed by atoms with Gasteiger partial charge in [0.05, 0.1) is 0 Å². The van der Waals surface area contributed by atoms with Crippen LogP contribution in [-0.2, 0) is 0 Å². The van der Waals surface area contributed by atoms with Crippen LogP contribution in [0, 0.1) is 5.82 Å². The molecule has 16 heavy (non-hydrogen) atoms. The molecule has 0 heterocycles. The van der Waals surface area contributed by atoms with E-state index in [0.29, 0.717) is 10.7 Å². The summed E-state index contributed by atoms with van der Waals surface area (Å²) >= 11 is 5.21. The Bertz CT molecular complexity index is 496. The van der Waals surface area contributed by atoms with Crippen molar-refractivity contribution in [2.24, 2.45) is 0 Å².